The number of rotatable bonds is 4. The highest BCUT2D eigenvalue weighted by Gasteiger charge is 2.15. The van der Waals surface area contributed by atoms with Gasteiger partial charge in [-0.15, -0.1) is 0 Å². The van der Waals surface area contributed by atoms with E-state index in [4.69, 9.17) is 16.9 Å². The number of halogens is 1. The van der Waals surface area contributed by atoms with E-state index in [1.807, 2.05) is 18.2 Å². The summed E-state index contributed by atoms with van der Waals surface area (Å²) in [7, 11) is 0. The lowest BCUT2D eigenvalue weighted by Crippen LogP contribution is -2.46. The van der Waals surface area contributed by atoms with E-state index in [9.17, 15) is 0 Å². The number of nitriles is 1. The molecule has 1 aromatic carbocycles. The second-order valence-corrected chi connectivity index (χ2v) is 5.09. The molecule has 0 amide bonds. The average Bonchev–Trinajstić information content (AvgIpc) is 2.38. The van der Waals surface area contributed by atoms with E-state index in [0.29, 0.717) is 6.54 Å². The van der Waals surface area contributed by atoms with Crippen LogP contribution in [0.15, 0.2) is 24.3 Å². The Bertz CT molecular complexity index is 419. The van der Waals surface area contributed by atoms with Crippen LogP contribution in [-0.4, -0.2) is 49.1 Å². The topological polar surface area (TPSA) is 30.3 Å². The quantitative estimate of drug-likeness (QED) is 0.779. The van der Waals surface area contributed by atoms with E-state index >= 15 is 0 Å². The zero-order chi connectivity index (χ0) is 12.8. The fraction of sp³-hybridized carbons (Fsp3) is 0.500. The SMILES string of the molecule is N#CCN1CCN(CCc2cccc(Cl)c2)CC1. The van der Waals surface area contributed by atoms with Crippen molar-refractivity contribution in [1.82, 2.24) is 9.80 Å². The molecular formula is C14H18ClN3. The molecule has 0 unspecified atom stereocenters. The number of piperazine rings is 1. The van der Waals surface area contributed by atoms with Crippen molar-refractivity contribution in [1.29, 1.82) is 5.26 Å². The molecule has 1 heterocycles. The van der Waals surface area contributed by atoms with Gasteiger partial charge in [0.15, 0.2) is 0 Å². The third kappa shape index (κ3) is 3.99. The Kier molecular flexibility index (Phi) is 5.00. The number of hydrogen-bond donors (Lipinski definition) is 0. The molecule has 1 aliphatic rings. The minimum Gasteiger partial charge on any atom is -0.300 e. The molecule has 4 heteroatoms. The second-order valence-electron chi connectivity index (χ2n) is 4.66. The molecule has 0 N–H and O–H groups in total. The first-order valence-electron chi connectivity index (χ1n) is 6.34. The summed E-state index contributed by atoms with van der Waals surface area (Å²) in [5.74, 6) is 0. The number of benzene rings is 1. The van der Waals surface area contributed by atoms with Crippen LogP contribution in [0.4, 0.5) is 0 Å². The molecule has 2 rings (SSSR count). The van der Waals surface area contributed by atoms with Gasteiger partial charge in [-0.3, -0.25) is 4.90 Å². The highest BCUT2D eigenvalue weighted by atomic mass is 35.5. The molecule has 3 nitrogen and oxygen atoms in total. The van der Waals surface area contributed by atoms with Crippen molar-refractivity contribution in [3.8, 4) is 6.07 Å². The largest absolute Gasteiger partial charge is 0.300 e. The third-order valence-corrected chi connectivity index (χ3v) is 3.60. The first kappa shape index (κ1) is 13.4. The fourth-order valence-corrected chi connectivity index (χ4v) is 2.46. The summed E-state index contributed by atoms with van der Waals surface area (Å²) in [6.45, 7) is 5.75. The van der Waals surface area contributed by atoms with Crippen molar-refractivity contribution in [3.63, 3.8) is 0 Å². The zero-order valence-corrected chi connectivity index (χ0v) is 11.2. The van der Waals surface area contributed by atoms with E-state index in [1.54, 1.807) is 0 Å². The maximum absolute atomic E-state index is 8.64. The number of hydrogen-bond acceptors (Lipinski definition) is 3. The van der Waals surface area contributed by atoms with Gasteiger partial charge in [0.25, 0.3) is 0 Å². The van der Waals surface area contributed by atoms with Crippen molar-refractivity contribution in [2.45, 2.75) is 6.42 Å². The molecule has 0 atom stereocenters. The van der Waals surface area contributed by atoms with Crippen molar-refractivity contribution >= 4 is 11.6 Å². The smallest absolute Gasteiger partial charge is 0.0866 e. The summed E-state index contributed by atoms with van der Waals surface area (Å²) in [6, 6.07) is 10.3. The minimum atomic E-state index is 0.558. The Morgan fingerprint density at radius 3 is 2.56 bits per heavy atom. The van der Waals surface area contributed by atoms with E-state index in [0.717, 1.165) is 44.2 Å². The standard InChI is InChI=1S/C14H18ClN3/c15-14-3-1-2-13(12-14)4-6-17-8-10-18(7-5-16)11-9-17/h1-3,12H,4,6-11H2. The molecule has 0 saturated carbocycles. The minimum absolute atomic E-state index is 0.558. The van der Waals surface area contributed by atoms with Crippen LogP contribution in [0.2, 0.25) is 5.02 Å². The first-order chi connectivity index (χ1) is 8.78. The lowest BCUT2D eigenvalue weighted by atomic mass is 10.1. The predicted octanol–water partition coefficient (Wildman–Crippen LogP) is 2.02. The molecule has 1 aromatic rings. The molecule has 0 spiro atoms. The Morgan fingerprint density at radius 2 is 1.89 bits per heavy atom. The first-order valence-corrected chi connectivity index (χ1v) is 6.72. The van der Waals surface area contributed by atoms with E-state index in [2.05, 4.69) is 21.9 Å². The highest BCUT2D eigenvalue weighted by Crippen LogP contribution is 2.12. The molecule has 0 radical (unpaired) electrons. The molecule has 0 bridgehead atoms. The van der Waals surface area contributed by atoms with Crippen LogP contribution in [-0.2, 0) is 6.42 Å². The summed E-state index contributed by atoms with van der Waals surface area (Å²) in [5, 5.41) is 9.46. The Balaban J connectivity index is 1.74. The van der Waals surface area contributed by atoms with Gasteiger partial charge in [-0.25, -0.2) is 0 Å². The molecule has 1 fully saturated rings. The molecule has 0 aliphatic carbocycles. The molecular weight excluding hydrogens is 246 g/mol. The Hall–Kier alpha value is -1.08. The van der Waals surface area contributed by atoms with Gasteiger partial charge in [0.1, 0.15) is 0 Å². The van der Waals surface area contributed by atoms with E-state index in [-0.39, 0.29) is 0 Å². The van der Waals surface area contributed by atoms with Crippen molar-refractivity contribution in [3.05, 3.63) is 34.9 Å². The maximum atomic E-state index is 8.64. The molecule has 1 saturated heterocycles. The summed E-state index contributed by atoms with van der Waals surface area (Å²) in [4.78, 5) is 4.66. The highest BCUT2D eigenvalue weighted by molar-refractivity contribution is 6.30. The molecule has 1 aliphatic heterocycles. The lowest BCUT2D eigenvalue weighted by Gasteiger charge is -2.33. The van der Waals surface area contributed by atoms with Crippen LogP contribution in [0.3, 0.4) is 0 Å². The van der Waals surface area contributed by atoms with Gasteiger partial charge in [-0.2, -0.15) is 5.26 Å². The van der Waals surface area contributed by atoms with Crippen LogP contribution in [0.1, 0.15) is 5.56 Å². The fourth-order valence-electron chi connectivity index (χ4n) is 2.25. The van der Waals surface area contributed by atoms with Gasteiger partial charge in [0.2, 0.25) is 0 Å². The monoisotopic (exact) mass is 263 g/mol. The van der Waals surface area contributed by atoms with Gasteiger partial charge in [-0.05, 0) is 24.1 Å². The van der Waals surface area contributed by atoms with Crippen LogP contribution in [0.25, 0.3) is 0 Å². The summed E-state index contributed by atoms with van der Waals surface area (Å²) in [6.07, 6.45) is 1.04. The normalized spacial score (nSPS) is 17.6. The van der Waals surface area contributed by atoms with Gasteiger partial charge in [-0.1, -0.05) is 23.7 Å². The Labute approximate surface area is 114 Å². The zero-order valence-electron chi connectivity index (χ0n) is 10.5. The van der Waals surface area contributed by atoms with Crippen molar-refractivity contribution in [2.75, 3.05) is 39.3 Å². The van der Waals surface area contributed by atoms with Crippen LogP contribution < -0.4 is 0 Å². The maximum Gasteiger partial charge on any atom is 0.0866 e. The third-order valence-electron chi connectivity index (χ3n) is 3.36. The average molecular weight is 264 g/mol. The Morgan fingerprint density at radius 1 is 1.17 bits per heavy atom. The van der Waals surface area contributed by atoms with E-state index in [1.165, 1.54) is 5.56 Å². The summed E-state index contributed by atoms with van der Waals surface area (Å²) >= 11 is 5.97. The molecule has 0 aromatic heterocycles. The van der Waals surface area contributed by atoms with Crippen LogP contribution >= 0.6 is 11.6 Å². The van der Waals surface area contributed by atoms with Crippen molar-refractivity contribution < 1.29 is 0 Å². The van der Waals surface area contributed by atoms with Gasteiger partial charge in [0, 0.05) is 37.7 Å². The summed E-state index contributed by atoms with van der Waals surface area (Å²) in [5.41, 5.74) is 1.29. The van der Waals surface area contributed by atoms with Crippen molar-refractivity contribution in [2.24, 2.45) is 0 Å². The van der Waals surface area contributed by atoms with Gasteiger partial charge < -0.3 is 4.90 Å². The number of nitrogens with zero attached hydrogens (tertiary/aromatic N) is 3. The van der Waals surface area contributed by atoms with Gasteiger partial charge in [0.05, 0.1) is 12.6 Å². The lowest BCUT2D eigenvalue weighted by molar-refractivity contribution is 0.145. The van der Waals surface area contributed by atoms with Gasteiger partial charge >= 0.3 is 0 Å². The van der Waals surface area contributed by atoms with Crippen LogP contribution in [0, 0.1) is 11.3 Å². The summed E-state index contributed by atoms with van der Waals surface area (Å²) < 4.78 is 0. The van der Waals surface area contributed by atoms with E-state index < -0.39 is 0 Å². The van der Waals surface area contributed by atoms with Crippen LogP contribution in [0.5, 0.6) is 0 Å². The molecule has 18 heavy (non-hydrogen) atoms. The second kappa shape index (κ2) is 6.75. The predicted molar refractivity (Wildman–Crippen MR) is 73.6 cm³/mol. The molecule has 96 valence electrons.